The summed E-state index contributed by atoms with van der Waals surface area (Å²) in [6.45, 7) is 9.23. The maximum absolute atomic E-state index is 11.2. The van der Waals surface area contributed by atoms with Gasteiger partial charge in [-0.2, -0.15) is 0 Å². The van der Waals surface area contributed by atoms with E-state index < -0.39 is 0 Å². The number of ether oxygens (including phenoxy) is 2. The van der Waals surface area contributed by atoms with Gasteiger partial charge in [0, 0.05) is 25.2 Å². The zero-order valence-corrected chi connectivity index (χ0v) is 12.5. The zero-order valence-electron chi connectivity index (χ0n) is 12.5. The van der Waals surface area contributed by atoms with E-state index in [1.807, 2.05) is 12.1 Å². The largest absolute Gasteiger partial charge is 0.492 e. The number of nitrogens with zero attached hydrogens (tertiary/aromatic N) is 1. The molecule has 0 aliphatic carbocycles. The third-order valence-corrected chi connectivity index (χ3v) is 3.43. The average Bonchev–Trinajstić information content (AvgIpc) is 2.38. The van der Waals surface area contributed by atoms with Crippen LogP contribution in [0.5, 0.6) is 5.75 Å². The summed E-state index contributed by atoms with van der Waals surface area (Å²) in [7, 11) is 0. The topological polar surface area (TPSA) is 38.8 Å². The molecular weight excluding hydrogens is 254 g/mol. The fourth-order valence-electron chi connectivity index (χ4n) is 2.55. The monoisotopic (exact) mass is 277 g/mol. The molecular formula is C16H23NO3. The lowest BCUT2D eigenvalue weighted by Crippen LogP contribution is -2.46. The highest BCUT2D eigenvalue weighted by molar-refractivity contribution is 5.94. The van der Waals surface area contributed by atoms with Crippen LogP contribution in [0.25, 0.3) is 0 Å². The van der Waals surface area contributed by atoms with Gasteiger partial charge in [-0.1, -0.05) is 0 Å². The number of Topliss-reactive ketones (excluding diaryl/α,β-unsaturated/α-hetero) is 1. The number of hydrogen-bond donors (Lipinski definition) is 0. The lowest BCUT2D eigenvalue weighted by molar-refractivity contribution is -0.0699. The van der Waals surface area contributed by atoms with Crippen LogP contribution in [0.4, 0.5) is 0 Å². The van der Waals surface area contributed by atoms with Crippen LogP contribution in [-0.2, 0) is 4.74 Å². The molecule has 0 bridgehead atoms. The quantitative estimate of drug-likeness (QED) is 0.775. The van der Waals surface area contributed by atoms with Crippen molar-refractivity contribution in [2.24, 2.45) is 0 Å². The van der Waals surface area contributed by atoms with Gasteiger partial charge < -0.3 is 9.47 Å². The van der Waals surface area contributed by atoms with Crippen molar-refractivity contribution in [2.45, 2.75) is 33.0 Å². The van der Waals surface area contributed by atoms with Gasteiger partial charge in [0.25, 0.3) is 0 Å². The maximum Gasteiger partial charge on any atom is 0.159 e. The molecule has 4 heteroatoms. The lowest BCUT2D eigenvalue weighted by Gasteiger charge is -2.35. The van der Waals surface area contributed by atoms with Gasteiger partial charge in [0.1, 0.15) is 12.4 Å². The molecule has 1 heterocycles. The van der Waals surface area contributed by atoms with E-state index in [9.17, 15) is 4.79 Å². The van der Waals surface area contributed by atoms with Crippen molar-refractivity contribution in [1.82, 2.24) is 4.90 Å². The van der Waals surface area contributed by atoms with Crippen LogP contribution in [0.2, 0.25) is 0 Å². The molecule has 1 aliphatic rings. The molecule has 20 heavy (non-hydrogen) atoms. The van der Waals surface area contributed by atoms with Crippen LogP contribution in [-0.4, -0.2) is 49.1 Å². The molecule has 1 saturated heterocycles. The van der Waals surface area contributed by atoms with E-state index in [2.05, 4.69) is 18.7 Å². The summed E-state index contributed by atoms with van der Waals surface area (Å²) in [5.74, 6) is 0.886. The molecule has 1 aliphatic heterocycles. The second-order valence-corrected chi connectivity index (χ2v) is 5.45. The van der Waals surface area contributed by atoms with Crippen molar-refractivity contribution in [1.29, 1.82) is 0 Å². The summed E-state index contributed by atoms with van der Waals surface area (Å²) in [6.07, 6.45) is 0.571. The van der Waals surface area contributed by atoms with E-state index >= 15 is 0 Å². The molecule has 4 nitrogen and oxygen atoms in total. The second-order valence-electron chi connectivity index (χ2n) is 5.45. The zero-order chi connectivity index (χ0) is 14.5. The van der Waals surface area contributed by atoms with E-state index in [0.29, 0.717) is 12.2 Å². The summed E-state index contributed by atoms with van der Waals surface area (Å²) >= 11 is 0. The first-order valence-corrected chi connectivity index (χ1v) is 7.16. The van der Waals surface area contributed by atoms with Crippen molar-refractivity contribution in [3.05, 3.63) is 29.8 Å². The van der Waals surface area contributed by atoms with E-state index in [0.717, 1.165) is 25.4 Å². The third-order valence-electron chi connectivity index (χ3n) is 3.43. The Kier molecular flexibility index (Phi) is 5.15. The Morgan fingerprint density at radius 3 is 2.40 bits per heavy atom. The highest BCUT2D eigenvalue weighted by Gasteiger charge is 2.21. The number of morpholine rings is 1. The molecule has 1 aromatic carbocycles. The van der Waals surface area contributed by atoms with Crippen LogP contribution < -0.4 is 4.74 Å². The van der Waals surface area contributed by atoms with Gasteiger partial charge in [0.2, 0.25) is 0 Å². The summed E-state index contributed by atoms with van der Waals surface area (Å²) < 4.78 is 11.4. The number of carbonyl (C=O) groups excluding carboxylic acids is 1. The van der Waals surface area contributed by atoms with Gasteiger partial charge >= 0.3 is 0 Å². The van der Waals surface area contributed by atoms with Crippen LogP contribution in [0.1, 0.15) is 31.1 Å². The van der Waals surface area contributed by atoms with E-state index in [4.69, 9.17) is 9.47 Å². The minimum Gasteiger partial charge on any atom is -0.492 e. The summed E-state index contributed by atoms with van der Waals surface area (Å²) in [6, 6.07) is 7.30. The molecule has 2 unspecified atom stereocenters. The summed E-state index contributed by atoms with van der Waals surface area (Å²) in [5, 5.41) is 0. The van der Waals surface area contributed by atoms with Gasteiger partial charge in [0.05, 0.1) is 12.2 Å². The minimum atomic E-state index is 0.0767. The molecule has 1 aromatic rings. The predicted molar refractivity (Wildman–Crippen MR) is 78.4 cm³/mol. The van der Waals surface area contributed by atoms with Crippen molar-refractivity contribution >= 4 is 5.78 Å². The summed E-state index contributed by atoms with van der Waals surface area (Å²) in [5.41, 5.74) is 0.716. The lowest BCUT2D eigenvalue weighted by atomic mass is 10.1. The molecule has 2 atom stereocenters. The highest BCUT2D eigenvalue weighted by atomic mass is 16.5. The fourth-order valence-corrected chi connectivity index (χ4v) is 2.55. The van der Waals surface area contributed by atoms with Crippen molar-refractivity contribution in [3.63, 3.8) is 0 Å². The second kappa shape index (κ2) is 6.86. The van der Waals surface area contributed by atoms with Crippen LogP contribution >= 0.6 is 0 Å². The first-order chi connectivity index (χ1) is 9.54. The van der Waals surface area contributed by atoms with Gasteiger partial charge in [0.15, 0.2) is 5.78 Å². The summed E-state index contributed by atoms with van der Waals surface area (Å²) in [4.78, 5) is 13.5. The van der Waals surface area contributed by atoms with Crippen molar-refractivity contribution in [3.8, 4) is 5.75 Å². The SMILES string of the molecule is CC(=O)c1ccc(OCCN2CC(C)OC(C)C2)cc1. The average molecular weight is 277 g/mol. The van der Waals surface area contributed by atoms with Crippen molar-refractivity contribution in [2.75, 3.05) is 26.2 Å². The van der Waals surface area contributed by atoms with E-state index in [1.54, 1.807) is 19.1 Å². The Morgan fingerprint density at radius 1 is 1.25 bits per heavy atom. The normalized spacial score (nSPS) is 23.6. The number of benzene rings is 1. The van der Waals surface area contributed by atoms with E-state index in [1.165, 1.54) is 0 Å². The molecule has 110 valence electrons. The molecule has 0 saturated carbocycles. The Bertz CT molecular complexity index is 434. The van der Waals surface area contributed by atoms with Gasteiger partial charge in [-0.05, 0) is 45.0 Å². The van der Waals surface area contributed by atoms with Crippen LogP contribution in [0, 0.1) is 0 Å². The first kappa shape index (κ1) is 15.0. The molecule has 0 radical (unpaired) electrons. The molecule has 0 N–H and O–H groups in total. The van der Waals surface area contributed by atoms with Gasteiger partial charge in [-0.3, -0.25) is 9.69 Å². The maximum atomic E-state index is 11.2. The van der Waals surface area contributed by atoms with Crippen LogP contribution in [0.3, 0.4) is 0 Å². The molecule has 2 rings (SSSR count). The fraction of sp³-hybridized carbons (Fsp3) is 0.562. The Hall–Kier alpha value is -1.39. The van der Waals surface area contributed by atoms with E-state index in [-0.39, 0.29) is 18.0 Å². The number of rotatable bonds is 5. The molecule has 0 spiro atoms. The van der Waals surface area contributed by atoms with Gasteiger partial charge in [-0.15, -0.1) is 0 Å². The Labute approximate surface area is 120 Å². The Morgan fingerprint density at radius 2 is 1.85 bits per heavy atom. The third kappa shape index (κ3) is 4.32. The van der Waals surface area contributed by atoms with Crippen molar-refractivity contribution < 1.29 is 14.3 Å². The number of hydrogen-bond acceptors (Lipinski definition) is 4. The number of ketones is 1. The number of carbonyl (C=O) groups is 1. The van der Waals surface area contributed by atoms with Gasteiger partial charge in [-0.25, -0.2) is 0 Å². The molecule has 0 amide bonds. The molecule has 0 aromatic heterocycles. The highest BCUT2D eigenvalue weighted by Crippen LogP contribution is 2.14. The first-order valence-electron chi connectivity index (χ1n) is 7.16. The standard InChI is InChI=1S/C16H23NO3/c1-12-10-17(11-13(2)20-12)8-9-19-16-6-4-15(5-7-16)14(3)18/h4-7,12-13H,8-11H2,1-3H3. The predicted octanol–water partition coefficient (Wildman–Crippen LogP) is 2.38. The minimum absolute atomic E-state index is 0.0767. The Balaban J connectivity index is 1.76. The van der Waals surface area contributed by atoms with Crippen LogP contribution in [0.15, 0.2) is 24.3 Å². The smallest absolute Gasteiger partial charge is 0.159 e. The molecule has 1 fully saturated rings.